The Balaban J connectivity index is 1.94. The predicted molar refractivity (Wildman–Crippen MR) is 108 cm³/mol. The van der Waals surface area contributed by atoms with E-state index < -0.39 is 23.9 Å². The lowest BCUT2D eigenvalue weighted by Gasteiger charge is -2.24. The van der Waals surface area contributed by atoms with E-state index in [0.29, 0.717) is 30.1 Å². The van der Waals surface area contributed by atoms with E-state index >= 15 is 0 Å². The Kier molecular flexibility index (Phi) is 7.69. The fourth-order valence-corrected chi connectivity index (χ4v) is 3.44. The first-order chi connectivity index (χ1) is 13.2. The van der Waals surface area contributed by atoms with Crippen molar-refractivity contribution in [3.63, 3.8) is 0 Å². The summed E-state index contributed by atoms with van der Waals surface area (Å²) in [5.74, 6) is 0.391. The lowest BCUT2D eigenvalue weighted by Crippen LogP contribution is -2.34. The van der Waals surface area contributed by atoms with Crippen molar-refractivity contribution < 1.29 is 24.5 Å². The summed E-state index contributed by atoms with van der Waals surface area (Å²) in [4.78, 5) is 24.8. The lowest BCUT2D eigenvalue weighted by molar-refractivity contribution is 0.0518. The Hall–Kier alpha value is -2.28. The second kappa shape index (κ2) is 9.78. The molecule has 0 aromatic heterocycles. The van der Waals surface area contributed by atoms with Crippen LogP contribution >= 0.6 is 0 Å². The van der Waals surface area contributed by atoms with Crippen molar-refractivity contribution in [2.24, 2.45) is 5.92 Å². The first-order valence-corrected chi connectivity index (χ1v) is 9.91. The largest absolute Gasteiger partial charge is 0.465 e. The number of carbonyl (C=O) groups excluding carboxylic acids is 1. The Morgan fingerprint density at radius 3 is 2.57 bits per heavy atom. The molecule has 0 heterocycles. The van der Waals surface area contributed by atoms with Crippen molar-refractivity contribution in [3.05, 3.63) is 29.8 Å². The molecule has 0 bridgehead atoms. The molecule has 2 amide bonds. The Labute approximate surface area is 166 Å². The van der Waals surface area contributed by atoms with Gasteiger partial charge in [0.2, 0.25) is 0 Å². The zero-order valence-electron chi connectivity index (χ0n) is 17.0. The second-order valence-corrected chi connectivity index (χ2v) is 8.37. The van der Waals surface area contributed by atoms with Crippen LogP contribution in [0.25, 0.3) is 0 Å². The number of aliphatic hydroxyl groups excluding tert-OH is 1. The maximum atomic E-state index is 11.7. The molecule has 1 fully saturated rings. The highest BCUT2D eigenvalue weighted by Crippen LogP contribution is 2.29. The molecular formula is C21H32N2O5. The summed E-state index contributed by atoms with van der Waals surface area (Å²) >= 11 is 0. The third-order valence-corrected chi connectivity index (χ3v) is 4.80. The van der Waals surface area contributed by atoms with E-state index in [1.54, 1.807) is 45.0 Å². The van der Waals surface area contributed by atoms with Crippen LogP contribution in [0.5, 0.6) is 0 Å². The molecule has 3 N–H and O–H groups in total. The van der Waals surface area contributed by atoms with Gasteiger partial charge in [0.1, 0.15) is 5.60 Å². The molecule has 1 saturated carbocycles. The minimum absolute atomic E-state index is 0.255. The van der Waals surface area contributed by atoms with Crippen molar-refractivity contribution in [2.75, 3.05) is 18.0 Å². The van der Waals surface area contributed by atoms with Gasteiger partial charge in [-0.3, -0.25) is 4.90 Å². The van der Waals surface area contributed by atoms with Crippen molar-refractivity contribution in [3.8, 4) is 0 Å². The minimum Gasteiger partial charge on any atom is -0.465 e. The van der Waals surface area contributed by atoms with Crippen LogP contribution in [0.1, 0.15) is 64.5 Å². The van der Waals surface area contributed by atoms with E-state index in [1.165, 1.54) is 4.90 Å². The topological polar surface area (TPSA) is 99.1 Å². The summed E-state index contributed by atoms with van der Waals surface area (Å²) in [6.07, 6.45) is 2.41. The van der Waals surface area contributed by atoms with Gasteiger partial charge in [-0.1, -0.05) is 25.0 Å². The molecule has 1 atom stereocenters. The lowest BCUT2D eigenvalue weighted by atomic mass is 10.0. The molecule has 0 saturated heterocycles. The van der Waals surface area contributed by atoms with Gasteiger partial charge in [-0.25, -0.2) is 9.59 Å². The molecule has 0 radical (unpaired) electrons. The Bertz CT molecular complexity index is 665. The zero-order valence-corrected chi connectivity index (χ0v) is 17.0. The average molecular weight is 392 g/mol. The number of amides is 2. The molecule has 1 aliphatic rings. The fraction of sp³-hybridized carbons (Fsp3) is 0.619. The molecule has 28 heavy (non-hydrogen) atoms. The molecule has 156 valence electrons. The number of hydrogen-bond acceptors (Lipinski definition) is 4. The smallest absolute Gasteiger partial charge is 0.411 e. The van der Waals surface area contributed by atoms with Gasteiger partial charge in [-0.15, -0.1) is 0 Å². The van der Waals surface area contributed by atoms with E-state index in [4.69, 9.17) is 4.74 Å². The van der Waals surface area contributed by atoms with E-state index in [-0.39, 0.29) is 6.54 Å². The van der Waals surface area contributed by atoms with Gasteiger partial charge in [0.15, 0.2) is 0 Å². The minimum atomic E-state index is -0.981. The molecule has 7 nitrogen and oxygen atoms in total. The van der Waals surface area contributed by atoms with Gasteiger partial charge in [0.05, 0.1) is 6.10 Å². The third kappa shape index (κ3) is 7.03. The monoisotopic (exact) mass is 392 g/mol. The van der Waals surface area contributed by atoms with Crippen LogP contribution in [-0.4, -0.2) is 41.1 Å². The van der Waals surface area contributed by atoms with E-state index in [0.717, 1.165) is 25.7 Å². The number of rotatable bonds is 7. The first-order valence-electron chi connectivity index (χ1n) is 9.91. The van der Waals surface area contributed by atoms with E-state index in [2.05, 4.69) is 5.32 Å². The highest BCUT2D eigenvalue weighted by Gasteiger charge is 2.23. The third-order valence-electron chi connectivity index (χ3n) is 4.80. The number of hydrogen-bond donors (Lipinski definition) is 3. The predicted octanol–water partition coefficient (Wildman–Crippen LogP) is 4.31. The number of alkyl carbamates (subject to hydrolysis) is 1. The van der Waals surface area contributed by atoms with Gasteiger partial charge in [0, 0.05) is 18.8 Å². The Morgan fingerprint density at radius 1 is 1.29 bits per heavy atom. The van der Waals surface area contributed by atoms with Gasteiger partial charge in [-0.2, -0.15) is 0 Å². The molecule has 0 spiro atoms. The van der Waals surface area contributed by atoms with E-state index in [9.17, 15) is 19.8 Å². The molecule has 1 unspecified atom stereocenters. The molecule has 1 aliphatic carbocycles. The molecule has 0 aliphatic heterocycles. The van der Waals surface area contributed by atoms with Crippen molar-refractivity contribution in [2.45, 2.75) is 64.6 Å². The fourth-order valence-electron chi connectivity index (χ4n) is 3.44. The molecule has 2 rings (SSSR count). The summed E-state index contributed by atoms with van der Waals surface area (Å²) in [5.41, 5.74) is 0.619. The van der Waals surface area contributed by atoms with Gasteiger partial charge >= 0.3 is 12.2 Å². The highest BCUT2D eigenvalue weighted by molar-refractivity contribution is 5.86. The van der Waals surface area contributed by atoms with Crippen LogP contribution in [0.4, 0.5) is 15.3 Å². The zero-order chi connectivity index (χ0) is 20.7. The van der Waals surface area contributed by atoms with Gasteiger partial charge < -0.3 is 20.3 Å². The summed E-state index contributed by atoms with van der Waals surface area (Å²) < 4.78 is 5.16. The number of anilines is 1. The molecular weight excluding hydrogens is 360 g/mol. The van der Waals surface area contributed by atoms with Crippen LogP contribution in [0.2, 0.25) is 0 Å². The van der Waals surface area contributed by atoms with Crippen LogP contribution in [0.15, 0.2) is 24.3 Å². The van der Waals surface area contributed by atoms with Crippen LogP contribution in [-0.2, 0) is 4.74 Å². The first kappa shape index (κ1) is 22.0. The SMILES string of the molecule is CC(C)(C)OC(=O)NCCC(O)c1cccc(N(CC2CCCC2)C(=O)O)c1. The molecule has 1 aromatic rings. The summed E-state index contributed by atoms with van der Waals surface area (Å²) in [6, 6.07) is 6.97. The summed E-state index contributed by atoms with van der Waals surface area (Å²) in [5, 5.41) is 22.7. The summed E-state index contributed by atoms with van der Waals surface area (Å²) in [7, 11) is 0. The van der Waals surface area contributed by atoms with Crippen molar-refractivity contribution in [1.82, 2.24) is 5.32 Å². The number of nitrogens with zero attached hydrogens (tertiary/aromatic N) is 1. The van der Waals surface area contributed by atoms with Crippen LogP contribution in [0.3, 0.4) is 0 Å². The van der Waals surface area contributed by atoms with Crippen LogP contribution < -0.4 is 10.2 Å². The normalized spacial score (nSPS) is 15.9. The van der Waals surface area contributed by atoms with Crippen LogP contribution in [0, 0.1) is 5.92 Å². The quantitative estimate of drug-likeness (QED) is 0.642. The number of aliphatic hydroxyl groups is 1. The molecule has 1 aromatic carbocycles. The van der Waals surface area contributed by atoms with Gasteiger partial charge in [-0.05, 0) is 63.6 Å². The number of nitrogens with one attached hydrogen (secondary N) is 1. The highest BCUT2D eigenvalue weighted by atomic mass is 16.6. The molecule has 7 heteroatoms. The maximum absolute atomic E-state index is 11.7. The van der Waals surface area contributed by atoms with Crippen molar-refractivity contribution >= 4 is 17.9 Å². The maximum Gasteiger partial charge on any atom is 0.411 e. The summed E-state index contributed by atoms with van der Waals surface area (Å²) in [6.45, 7) is 6.09. The van der Waals surface area contributed by atoms with Crippen molar-refractivity contribution in [1.29, 1.82) is 0 Å². The number of benzene rings is 1. The number of carboxylic acid groups (broad SMARTS) is 1. The van der Waals surface area contributed by atoms with E-state index in [1.807, 2.05) is 0 Å². The van der Waals surface area contributed by atoms with Gasteiger partial charge in [0.25, 0.3) is 0 Å². The second-order valence-electron chi connectivity index (χ2n) is 8.37. The standard InChI is InChI=1S/C21H32N2O5/c1-21(2,3)28-19(25)22-12-11-18(24)16-9-6-10-17(13-16)23(20(26)27)14-15-7-4-5-8-15/h6,9-10,13,15,18,24H,4-5,7-8,11-12,14H2,1-3H3,(H,22,25)(H,26,27). The number of carbonyl (C=O) groups is 2. The Morgan fingerprint density at radius 2 is 1.96 bits per heavy atom. The average Bonchev–Trinajstić information content (AvgIpc) is 3.11. The number of ether oxygens (including phenoxy) is 1.